The monoisotopic (exact) mass is 570 g/mol. The van der Waals surface area contributed by atoms with Gasteiger partial charge >= 0.3 is 0 Å². The van der Waals surface area contributed by atoms with E-state index < -0.39 is 0 Å². The molecule has 0 bridgehead atoms. The molecule has 0 heterocycles. The van der Waals surface area contributed by atoms with Crippen molar-refractivity contribution in [2.75, 3.05) is 35.5 Å². The molecule has 4 atom stereocenters. The van der Waals surface area contributed by atoms with Crippen LogP contribution in [0.25, 0.3) is 10.8 Å². The summed E-state index contributed by atoms with van der Waals surface area (Å²) in [4.78, 5) is 13.8. The highest BCUT2D eigenvalue weighted by Crippen LogP contribution is 2.60. The van der Waals surface area contributed by atoms with E-state index in [0.717, 1.165) is 29.3 Å². The van der Waals surface area contributed by atoms with E-state index in [9.17, 15) is 4.79 Å². The van der Waals surface area contributed by atoms with E-state index in [-0.39, 0.29) is 28.0 Å². The highest BCUT2D eigenvalue weighted by molar-refractivity contribution is 9.10. The first-order chi connectivity index (χ1) is 15.3. The average Bonchev–Trinajstić information content (AvgIpc) is 2.80. The maximum absolute atomic E-state index is 13.9. The zero-order valence-corrected chi connectivity index (χ0v) is 22.3. The maximum atomic E-state index is 13.9. The molecule has 0 aliphatic heterocycles. The van der Waals surface area contributed by atoms with Crippen LogP contribution in [0.3, 0.4) is 0 Å². The molecule has 4 rings (SSSR count). The molecule has 1 unspecified atom stereocenters. The fourth-order valence-corrected chi connectivity index (χ4v) is 7.03. The summed E-state index contributed by atoms with van der Waals surface area (Å²) < 4.78 is 29.9. The number of rotatable bonds is 5. The summed E-state index contributed by atoms with van der Waals surface area (Å²) in [5.41, 5.74) is 1.09. The molecule has 32 heavy (non-hydrogen) atoms. The van der Waals surface area contributed by atoms with E-state index in [2.05, 4.69) is 38.8 Å². The molecule has 0 aromatic heterocycles. The SMILES string of the molecule is COc1cc(Br)c(OC)c2c(OC)c3c(c(OC)c12)C(=O)[C@@H]1CC[C@](C)(OC)C[C@H]1C3Br. The van der Waals surface area contributed by atoms with Gasteiger partial charge in [-0.3, -0.25) is 4.79 Å². The van der Waals surface area contributed by atoms with E-state index in [1.165, 1.54) is 0 Å². The molecule has 174 valence electrons. The van der Waals surface area contributed by atoms with E-state index in [0.29, 0.717) is 39.3 Å². The van der Waals surface area contributed by atoms with E-state index >= 15 is 0 Å². The van der Waals surface area contributed by atoms with Crippen molar-refractivity contribution >= 4 is 48.4 Å². The predicted molar refractivity (Wildman–Crippen MR) is 130 cm³/mol. The molecule has 8 heteroatoms. The van der Waals surface area contributed by atoms with E-state index in [1.807, 2.05) is 6.07 Å². The van der Waals surface area contributed by atoms with Gasteiger partial charge in [-0.05, 0) is 54.1 Å². The van der Waals surface area contributed by atoms with Gasteiger partial charge in [0.05, 0.1) is 54.8 Å². The van der Waals surface area contributed by atoms with Gasteiger partial charge in [-0.1, -0.05) is 15.9 Å². The number of halogens is 2. The van der Waals surface area contributed by atoms with Crippen molar-refractivity contribution in [3.63, 3.8) is 0 Å². The predicted octanol–water partition coefficient (Wildman–Crippen LogP) is 6.09. The summed E-state index contributed by atoms with van der Waals surface area (Å²) in [6.45, 7) is 2.12. The van der Waals surface area contributed by atoms with Gasteiger partial charge in [0.2, 0.25) is 0 Å². The second-order valence-corrected chi connectivity index (χ2v) is 10.5. The average molecular weight is 572 g/mol. The lowest BCUT2D eigenvalue weighted by Crippen LogP contribution is -2.45. The van der Waals surface area contributed by atoms with Crippen molar-refractivity contribution in [1.82, 2.24) is 0 Å². The Kier molecular flexibility index (Phi) is 6.42. The number of ketones is 1. The summed E-state index contributed by atoms with van der Waals surface area (Å²) in [5, 5.41) is 1.37. The molecule has 2 aromatic rings. The fraction of sp³-hybridized carbons (Fsp3) is 0.542. The highest BCUT2D eigenvalue weighted by atomic mass is 79.9. The molecule has 0 amide bonds. The third-order valence-electron chi connectivity index (χ3n) is 7.12. The van der Waals surface area contributed by atoms with Gasteiger partial charge in [-0.25, -0.2) is 0 Å². The number of hydrogen-bond acceptors (Lipinski definition) is 6. The van der Waals surface area contributed by atoms with Crippen molar-refractivity contribution < 1.29 is 28.5 Å². The van der Waals surface area contributed by atoms with Crippen LogP contribution in [0, 0.1) is 11.8 Å². The number of carbonyl (C=O) groups is 1. The molecule has 0 saturated heterocycles. The molecule has 6 nitrogen and oxygen atoms in total. The Balaban J connectivity index is 2.12. The third kappa shape index (κ3) is 3.32. The minimum absolute atomic E-state index is 0.0739. The topological polar surface area (TPSA) is 63.2 Å². The van der Waals surface area contributed by atoms with Gasteiger partial charge in [0.1, 0.15) is 23.0 Å². The number of Topliss-reactive ketones (excluding diaryl/α,β-unsaturated/α-hetero) is 1. The summed E-state index contributed by atoms with van der Waals surface area (Å²) >= 11 is 7.54. The van der Waals surface area contributed by atoms with Gasteiger partial charge in [0, 0.05) is 23.4 Å². The Bertz CT molecular complexity index is 1080. The van der Waals surface area contributed by atoms with Crippen LogP contribution < -0.4 is 18.9 Å². The Labute approximate surface area is 205 Å². The van der Waals surface area contributed by atoms with Gasteiger partial charge in [0.15, 0.2) is 5.78 Å². The van der Waals surface area contributed by atoms with Crippen LogP contribution >= 0.6 is 31.9 Å². The van der Waals surface area contributed by atoms with Crippen LogP contribution in [-0.2, 0) is 4.74 Å². The van der Waals surface area contributed by atoms with Gasteiger partial charge < -0.3 is 23.7 Å². The summed E-state index contributed by atoms with van der Waals surface area (Å²) in [5.74, 6) is 2.29. The zero-order valence-electron chi connectivity index (χ0n) is 19.1. The minimum Gasteiger partial charge on any atom is -0.496 e. The van der Waals surface area contributed by atoms with Crippen LogP contribution in [0.5, 0.6) is 23.0 Å². The summed E-state index contributed by atoms with van der Waals surface area (Å²) in [6, 6.07) is 1.82. The number of benzene rings is 2. The number of methoxy groups -OCH3 is 5. The first-order valence-electron chi connectivity index (χ1n) is 10.5. The molecule has 0 N–H and O–H groups in total. The summed E-state index contributed by atoms with van der Waals surface area (Å²) in [6.07, 6.45) is 2.37. The van der Waals surface area contributed by atoms with Crippen LogP contribution in [0.1, 0.15) is 46.9 Å². The molecule has 2 aliphatic carbocycles. The van der Waals surface area contributed by atoms with Crippen molar-refractivity contribution in [3.8, 4) is 23.0 Å². The Morgan fingerprint density at radius 3 is 2.19 bits per heavy atom. The lowest BCUT2D eigenvalue weighted by molar-refractivity contribution is -0.0521. The lowest BCUT2D eigenvalue weighted by atomic mass is 9.63. The van der Waals surface area contributed by atoms with Gasteiger partial charge in [-0.15, -0.1) is 0 Å². The molecular weight excluding hydrogens is 544 g/mol. The Morgan fingerprint density at radius 1 is 0.969 bits per heavy atom. The molecule has 2 aliphatic rings. The Hall–Kier alpha value is -1.51. The molecule has 2 aromatic carbocycles. The van der Waals surface area contributed by atoms with Gasteiger partial charge in [0.25, 0.3) is 0 Å². The van der Waals surface area contributed by atoms with Crippen LogP contribution in [0.4, 0.5) is 0 Å². The second-order valence-electron chi connectivity index (χ2n) is 8.63. The van der Waals surface area contributed by atoms with Crippen molar-refractivity contribution in [1.29, 1.82) is 0 Å². The first-order valence-corrected chi connectivity index (χ1v) is 12.2. The quantitative estimate of drug-likeness (QED) is 0.405. The van der Waals surface area contributed by atoms with Crippen molar-refractivity contribution in [3.05, 3.63) is 21.7 Å². The second kappa shape index (κ2) is 8.69. The normalized spacial score (nSPS) is 27.0. The van der Waals surface area contributed by atoms with E-state index in [4.69, 9.17) is 23.7 Å². The maximum Gasteiger partial charge on any atom is 0.170 e. The molecule has 0 spiro atoms. The van der Waals surface area contributed by atoms with Gasteiger partial charge in [-0.2, -0.15) is 0 Å². The number of hydrogen-bond donors (Lipinski definition) is 0. The lowest BCUT2D eigenvalue weighted by Gasteiger charge is -2.46. The smallest absolute Gasteiger partial charge is 0.170 e. The van der Waals surface area contributed by atoms with E-state index in [1.54, 1.807) is 35.5 Å². The Morgan fingerprint density at radius 2 is 1.62 bits per heavy atom. The molecule has 0 radical (unpaired) electrons. The van der Waals surface area contributed by atoms with Crippen molar-refractivity contribution in [2.45, 2.75) is 36.6 Å². The number of alkyl halides is 1. The molecule has 1 saturated carbocycles. The number of fused-ring (bicyclic) bond motifs is 3. The largest absolute Gasteiger partial charge is 0.496 e. The van der Waals surface area contributed by atoms with Crippen LogP contribution in [0.15, 0.2) is 10.5 Å². The number of carbonyl (C=O) groups excluding carboxylic acids is 1. The zero-order chi connectivity index (χ0) is 23.4. The van der Waals surface area contributed by atoms with Crippen molar-refractivity contribution in [2.24, 2.45) is 11.8 Å². The summed E-state index contributed by atoms with van der Waals surface area (Å²) in [7, 11) is 8.14. The number of ether oxygens (including phenoxy) is 5. The fourth-order valence-electron chi connectivity index (χ4n) is 5.47. The molecule has 1 fully saturated rings. The highest BCUT2D eigenvalue weighted by Gasteiger charge is 2.50. The molecular formula is C24H28Br2O6. The van der Waals surface area contributed by atoms with Crippen LogP contribution in [0.2, 0.25) is 0 Å². The van der Waals surface area contributed by atoms with Crippen LogP contribution in [-0.4, -0.2) is 46.9 Å². The standard InChI is InChI=1S/C24H28Br2O6/c1-24(32-6)8-7-11-12(10-24)19(26)16-17(20(11)27)22(30-4)15-14(28-2)9-13(25)21(29-3)18(15)23(16)31-5/h9,11-12,19H,7-8,10H2,1-6H3/t11-,12-,19?,24+/m1/s1. The first kappa shape index (κ1) is 23.6. The third-order valence-corrected chi connectivity index (χ3v) is 8.85. The minimum atomic E-state index is -0.261.